The molecule has 0 atom stereocenters. The molecule has 1 heterocycles. The van der Waals surface area contributed by atoms with Crippen LogP contribution in [0.25, 0.3) is 0 Å². The van der Waals surface area contributed by atoms with E-state index in [4.69, 9.17) is 10.00 Å². The zero-order chi connectivity index (χ0) is 17.2. The number of carbonyl (C=O) groups is 1. The second kappa shape index (κ2) is 6.41. The Bertz CT molecular complexity index is 642. The molecule has 0 radical (unpaired) electrons. The largest absolute Gasteiger partial charge is 0.444 e. The highest BCUT2D eigenvalue weighted by molar-refractivity contribution is 5.69. The summed E-state index contributed by atoms with van der Waals surface area (Å²) in [5, 5.41) is 9.05. The SMILES string of the molecule is CC(C)(C)OC(=O)N1CCN(c2c(F)ccc(F)c2C#N)CC1. The number of nitriles is 1. The first-order valence-corrected chi connectivity index (χ1v) is 7.34. The Balaban J connectivity index is 2.10. The number of amides is 1. The third kappa shape index (κ3) is 3.89. The monoisotopic (exact) mass is 323 g/mol. The molecule has 1 saturated heterocycles. The van der Waals surface area contributed by atoms with Crippen LogP contribution >= 0.6 is 0 Å². The second-order valence-corrected chi connectivity index (χ2v) is 6.32. The molecule has 1 aromatic carbocycles. The summed E-state index contributed by atoms with van der Waals surface area (Å²) in [5.41, 5.74) is -0.941. The molecule has 0 aliphatic carbocycles. The van der Waals surface area contributed by atoms with Crippen LogP contribution in [0.5, 0.6) is 0 Å². The van der Waals surface area contributed by atoms with Crippen LogP contribution in [-0.2, 0) is 4.74 Å². The predicted octanol–water partition coefficient (Wildman–Crippen LogP) is 2.89. The van der Waals surface area contributed by atoms with Crippen molar-refractivity contribution >= 4 is 11.8 Å². The van der Waals surface area contributed by atoms with E-state index >= 15 is 0 Å². The van der Waals surface area contributed by atoms with Gasteiger partial charge >= 0.3 is 6.09 Å². The Morgan fingerprint density at radius 3 is 2.26 bits per heavy atom. The molecular formula is C16H19F2N3O2. The first-order chi connectivity index (χ1) is 10.7. The van der Waals surface area contributed by atoms with E-state index in [-0.39, 0.29) is 11.3 Å². The van der Waals surface area contributed by atoms with Crippen LogP contribution in [0.4, 0.5) is 19.3 Å². The fraction of sp³-hybridized carbons (Fsp3) is 0.500. The number of hydrogen-bond donors (Lipinski definition) is 0. The average Bonchev–Trinajstić information content (AvgIpc) is 2.47. The highest BCUT2D eigenvalue weighted by Gasteiger charge is 2.28. The summed E-state index contributed by atoms with van der Waals surface area (Å²) in [7, 11) is 0. The molecule has 1 fully saturated rings. The third-order valence-corrected chi connectivity index (χ3v) is 3.44. The minimum atomic E-state index is -0.751. The minimum absolute atomic E-state index is 0.0451. The van der Waals surface area contributed by atoms with Crippen molar-refractivity contribution in [1.82, 2.24) is 4.90 Å². The van der Waals surface area contributed by atoms with Crippen LogP contribution in [0.1, 0.15) is 26.3 Å². The molecule has 23 heavy (non-hydrogen) atoms. The Hall–Kier alpha value is -2.36. The topological polar surface area (TPSA) is 56.6 Å². The number of nitrogens with zero attached hydrogens (tertiary/aromatic N) is 3. The zero-order valence-electron chi connectivity index (χ0n) is 13.4. The van der Waals surface area contributed by atoms with Crippen molar-refractivity contribution in [2.24, 2.45) is 0 Å². The lowest BCUT2D eigenvalue weighted by Crippen LogP contribution is -2.50. The lowest BCUT2D eigenvalue weighted by atomic mass is 10.1. The number of piperazine rings is 1. The number of anilines is 1. The van der Waals surface area contributed by atoms with E-state index in [1.54, 1.807) is 31.7 Å². The number of benzene rings is 1. The van der Waals surface area contributed by atoms with Crippen LogP contribution in [0.15, 0.2) is 12.1 Å². The molecular weight excluding hydrogens is 304 g/mol. The first-order valence-electron chi connectivity index (χ1n) is 7.34. The fourth-order valence-corrected chi connectivity index (χ4v) is 2.40. The fourth-order valence-electron chi connectivity index (χ4n) is 2.40. The summed E-state index contributed by atoms with van der Waals surface area (Å²) in [6.07, 6.45) is -0.433. The molecule has 7 heteroatoms. The molecule has 5 nitrogen and oxygen atoms in total. The van der Waals surface area contributed by atoms with Crippen LogP contribution in [0.3, 0.4) is 0 Å². The van der Waals surface area contributed by atoms with Gasteiger partial charge in [-0.15, -0.1) is 0 Å². The molecule has 0 N–H and O–H groups in total. The van der Waals surface area contributed by atoms with E-state index in [0.29, 0.717) is 26.2 Å². The molecule has 0 aromatic heterocycles. The van der Waals surface area contributed by atoms with Crippen molar-refractivity contribution in [2.45, 2.75) is 26.4 Å². The van der Waals surface area contributed by atoms with Crippen LogP contribution in [-0.4, -0.2) is 42.8 Å². The van der Waals surface area contributed by atoms with Gasteiger partial charge in [0.1, 0.15) is 28.9 Å². The van der Waals surface area contributed by atoms with E-state index in [9.17, 15) is 13.6 Å². The van der Waals surface area contributed by atoms with Gasteiger partial charge in [-0.1, -0.05) is 0 Å². The zero-order valence-corrected chi connectivity index (χ0v) is 13.4. The molecule has 0 spiro atoms. The summed E-state index contributed by atoms with van der Waals surface area (Å²) in [6, 6.07) is 3.65. The number of rotatable bonds is 1. The predicted molar refractivity (Wildman–Crippen MR) is 81.1 cm³/mol. The van der Waals surface area contributed by atoms with Crippen molar-refractivity contribution in [2.75, 3.05) is 31.1 Å². The van der Waals surface area contributed by atoms with E-state index in [2.05, 4.69) is 0 Å². The average molecular weight is 323 g/mol. The molecule has 0 unspecified atom stereocenters. The maximum Gasteiger partial charge on any atom is 0.410 e. The summed E-state index contributed by atoms with van der Waals surface area (Å²) < 4.78 is 33.0. The number of hydrogen-bond acceptors (Lipinski definition) is 4. The van der Waals surface area contributed by atoms with Crippen molar-refractivity contribution < 1.29 is 18.3 Å². The quantitative estimate of drug-likeness (QED) is 0.797. The van der Waals surface area contributed by atoms with E-state index in [0.717, 1.165) is 12.1 Å². The van der Waals surface area contributed by atoms with Gasteiger partial charge in [0.25, 0.3) is 0 Å². The summed E-state index contributed by atoms with van der Waals surface area (Å²) in [6.45, 7) is 6.57. The van der Waals surface area contributed by atoms with Gasteiger partial charge in [-0.2, -0.15) is 5.26 Å². The van der Waals surface area contributed by atoms with Crippen LogP contribution in [0, 0.1) is 23.0 Å². The minimum Gasteiger partial charge on any atom is -0.444 e. The Morgan fingerprint density at radius 2 is 1.74 bits per heavy atom. The Kier molecular flexibility index (Phi) is 4.73. The van der Waals surface area contributed by atoms with Crippen molar-refractivity contribution in [3.63, 3.8) is 0 Å². The molecule has 0 bridgehead atoms. The molecule has 1 aliphatic rings. The van der Waals surface area contributed by atoms with E-state index < -0.39 is 23.3 Å². The molecule has 2 rings (SSSR count). The maximum atomic E-state index is 14.0. The summed E-state index contributed by atoms with van der Waals surface area (Å²) >= 11 is 0. The van der Waals surface area contributed by atoms with Gasteiger partial charge in [0.2, 0.25) is 0 Å². The van der Waals surface area contributed by atoms with E-state index in [1.807, 2.05) is 0 Å². The van der Waals surface area contributed by atoms with Crippen LogP contribution < -0.4 is 4.90 Å². The number of carbonyl (C=O) groups excluding carboxylic acids is 1. The Labute approximate surface area is 134 Å². The van der Waals surface area contributed by atoms with Gasteiger partial charge < -0.3 is 14.5 Å². The summed E-state index contributed by atoms with van der Waals surface area (Å²) in [5.74, 6) is -1.40. The molecule has 1 aliphatic heterocycles. The van der Waals surface area contributed by atoms with Crippen LogP contribution in [0.2, 0.25) is 0 Å². The van der Waals surface area contributed by atoms with Gasteiger partial charge in [0.15, 0.2) is 0 Å². The standard InChI is InChI=1S/C16H19F2N3O2/c1-16(2,3)23-15(22)21-8-6-20(7-9-21)14-11(10-19)12(17)4-5-13(14)18/h4-5H,6-9H2,1-3H3. The molecule has 0 saturated carbocycles. The van der Waals surface area contributed by atoms with Gasteiger partial charge in [0, 0.05) is 26.2 Å². The molecule has 1 aromatic rings. The van der Waals surface area contributed by atoms with Gasteiger partial charge in [-0.25, -0.2) is 13.6 Å². The maximum absolute atomic E-state index is 14.0. The highest BCUT2D eigenvalue weighted by atomic mass is 19.1. The summed E-state index contributed by atoms with van der Waals surface area (Å²) in [4.78, 5) is 15.1. The normalized spacial score (nSPS) is 15.3. The lowest BCUT2D eigenvalue weighted by Gasteiger charge is -2.37. The van der Waals surface area contributed by atoms with Gasteiger partial charge in [-0.05, 0) is 32.9 Å². The highest BCUT2D eigenvalue weighted by Crippen LogP contribution is 2.27. The van der Waals surface area contributed by atoms with Crippen molar-refractivity contribution in [1.29, 1.82) is 5.26 Å². The lowest BCUT2D eigenvalue weighted by molar-refractivity contribution is 0.0240. The number of ether oxygens (including phenoxy) is 1. The second-order valence-electron chi connectivity index (χ2n) is 6.32. The van der Waals surface area contributed by atoms with Crippen molar-refractivity contribution in [3.8, 4) is 6.07 Å². The first kappa shape index (κ1) is 17.0. The molecule has 124 valence electrons. The third-order valence-electron chi connectivity index (χ3n) is 3.44. The van der Waals surface area contributed by atoms with Gasteiger partial charge in [-0.3, -0.25) is 0 Å². The Morgan fingerprint density at radius 1 is 1.17 bits per heavy atom. The van der Waals surface area contributed by atoms with E-state index in [1.165, 1.54) is 4.90 Å². The number of halogens is 2. The van der Waals surface area contributed by atoms with Crippen molar-refractivity contribution in [3.05, 3.63) is 29.3 Å². The molecule has 1 amide bonds. The smallest absolute Gasteiger partial charge is 0.410 e. The van der Waals surface area contributed by atoms with Gasteiger partial charge in [0.05, 0.1) is 5.69 Å².